The number of fused-ring (bicyclic) bond motifs is 2. The first-order valence-corrected chi connectivity index (χ1v) is 9.13. The van der Waals surface area contributed by atoms with Gasteiger partial charge in [0.1, 0.15) is 5.52 Å². The van der Waals surface area contributed by atoms with E-state index in [4.69, 9.17) is 4.98 Å². The monoisotopic (exact) mass is 350 g/mol. The number of para-hydroxylation sites is 2. The van der Waals surface area contributed by atoms with E-state index in [0.717, 1.165) is 28.7 Å². The van der Waals surface area contributed by atoms with Gasteiger partial charge in [-0.05, 0) is 50.1 Å². The van der Waals surface area contributed by atoms with E-state index in [1.54, 1.807) is 0 Å². The number of aromatic nitrogens is 2. The highest BCUT2D eigenvalue weighted by atomic mass is 16.1. The fourth-order valence-electron chi connectivity index (χ4n) is 2.89. The number of benzene rings is 2. The quantitative estimate of drug-likeness (QED) is 0.668. The van der Waals surface area contributed by atoms with Gasteiger partial charge in [-0.25, -0.2) is 9.97 Å². The summed E-state index contributed by atoms with van der Waals surface area (Å²) >= 11 is 0. The number of carbonyl (C=O) groups is 1. The molecule has 1 amide bonds. The number of aryl methyl sites for hydroxylation is 1. The maximum absolute atomic E-state index is 12.7. The van der Waals surface area contributed by atoms with E-state index in [-0.39, 0.29) is 11.9 Å². The van der Waals surface area contributed by atoms with Gasteiger partial charge in [0, 0.05) is 12.6 Å². The summed E-state index contributed by atoms with van der Waals surface area (Å²) in [5.74, 6) is 0.467. The minimum atomic E-state index is -0.115. The van der Waals surface area contributed by atoms with Gasteiger partial charge in [0.2, 0.25) is 0 Å². The first-order chi connectivity index (χ1) is 12.5. The van der Waals surface area contributed by atoms with Gasteiger partial charge in [-0.3, -0.25) is 4.79 Å². The SMILES string of the molecule is Cc1cccc2nc3cccc(C(=O)NCC(C)NCC(C)C)c3nc12. The maximum atomic E-state index is 12.7. The van der Waals surface area contributed by atoms with Gasteiger partial charge in [-0.15, -0.1) is 0 Å². The van der Waals surface area contributed by atoms with Crippen LogP contribution < -0.4 is 10.6 Å². The molecule has 26 heavy (non-hydrogen) atoms. The second-order valence-corrected chi connectivity index (χ2v) is 7.25. The zero-order valence-electron chi connectivity index (χ0n) is 15.8. The Morgan fingerprint density at radius 3 is 2.38 bits per heavy atom. The lowest BCUT2D eigenvalue weighted by Gasteiger charge is -2.16. The van der Waals surface area contributed by atoms with E-state index in [2.05, 4.69) is 36.4 Å². The van der Waals surface area contributed by atoms with Gasteiger partial charge < -0.3 is 10.6 Å². The molecule has 5 heteroatoms. The van der Waals surface area contributed by atoms with Crippen molar-refractivity contribution in [1.82, 2.24) is 20.6 Å². The minimum absolute atomic E-state index is 0.115. The summed E-state index contributed by atoms with van der Waals surface area (Å²) in [4.78, 5) is 22.1. The molecule has 0 bridgehead atoms. The molecule has 0 saturated heterocycles. The van der Waals surface area contributed by atoms with E-state index < -0.39 is 0 Å². The second kappa shape index (κ2) is 7.79. The molecule has 1 atom stereocenters. The summed E-state index contributed by atoms with van der Waals surface area (Å²) in [6.07, 6.45) is 0. The van der Waals surface area contributed by atoms with Crippen molar-refractivity contribution >= 4 is 28.0 Å². The van der Waals surface area contributed by atoms with Gasteiger partial charge in [0.15, 0.2) is 0 Å². The topological polar surface area (TPSA) is 66.9 Å². The highest BCUT2D eigenvalue weighted by Crippen LogP contribution is 2.21. The van der Waals surface area contributed by atoms with Crippen LogP contribution in [0.25, 0.3) is 22.1 Å². The predicted molar refractivity (Wildman–Crippen MR) is 106 cm³/mol. The minimum Gasteiger partial charge on any atom is -0.350 e. The van der Waals surface area contributed by atoms with E-state index in [1.165, 1.54) is 0 Å². The van der Waals surface area contributed by atoms with Crippen LogP contribution in [0.3, 0.4) is 0 Å². The number of carbonyl (C=O) groups excluding carboxylic acids is 1. The van der Waals surface area contributed by atoms with E-state index in [9.17, 15) is 4.79 Å². The van der Waals surface area contributed by atoms with Crippen LogP contribution in [0, 0.1) is 12.8 Å². The maximum Gasteiger partial charge on any atom is 0.253 e. The third-order valence-corrected chi connectivity index (χ3v) is 4.38. The fourth-order valence-corrected chi connectivity index (χ4v) is 2.89. The summed E-state index contributed by atoms with van der Waals surface area (Å²) < 4.78 is 0. The summed E-state index contributed by atoms with van der Waals surface area (Å²) in [6, 6.07) is 11.7. The molecule has 1 heterocycles. The second-order valence-electron chi connectivity index (χ2n) is 7.25. The van der Waals surface area contributed by atoms with Gasteiger partial charge in [0.05, 0.1) is 22.1 Å². The summed E-state index contributed by atoms with van der Waals surface area (Å²) in [6.45, 7) is 9.92. The Morgan fingerprint density at radius 2 is 1.65 bits per heavy atom. The number of amides is 1. The number of nitrogens with one attached hydrogen (secondary N) is 2. The largest absolute Gasteiger partial charge is 0.350 e. The zero-order valence-corrected chi connectivity index (χ0v) is 15.8. The zero-order chi connectivity index (χ0) is 18.7. The molecule has 2 N–H and O–H groups in total. The molecule has 2 aromatic carbocycles. The first-order valence-electron chi connectivity index (χ1n) is 9.13. The van der Waals surface area contributed by atoms with Crippen molar-refractivity contribution in [2.45, 2.75) is 33.7 Å². The van der Waals surface area contributed by atoms with Crippen LogP contribution in [0.1, 0.15) is 36.7 Å². The van der Waals surface area contributed by atoms with Crippen molar-refractivity contribution in [3.8, 4) is 0 Å². The lowest BCUT2D eigenvalue weighted by molar-refractivity contribution is 0.0951. The average Bonchev–Trinajstić information content (AvgIpc) is 2.63. The number of rotatable bonds is 6. The molecule has 0 aliphatic heterocycles. The van der Waals surface area contributed by atoms with Crippen molar-refractivity contribution < 1.29 is 4.79 Å². The molecule has 136 valence electrons. The van der Waals surface area contributed by atoms with Crippen LogP contribution in [-0.2, 0) is 0 Å². The average molecular weight is 350 g/mol. The van der Waals surface area contributed by atoms with Crippen molar-refractivity contribution in [1.29, 1.82) is 0 Å². The Bertz CT molecular complexity index is 936. The van der Waals surface area contributed by atoms with Crippen LogP contribution >= 0.6 is 0 Å². The molecular formula is C21H26N4O. The Morgan fingerprint density at radius 1 is 0.962 bits per heavy atom. The number of nitrogens with zero attached hydrogens (tertiary/aromatic N) is 2. The van der Waals surface area contributed by atoms with Crippen molar-refractivity contribution in [2.75, 3.05) is 13.1 Å². The molecule has 0 aliphatic carbocycles. The molecule has 0 fully saturated rings. The standard InChI is InChI=1S/C21H26N4O/c1-13(2)11-22-15(4)12-23-21(26)16-8-6-10-18-20(16)25-19-14(3)7-5-9-17(19)24-18/h5-10,13,15,22H,11-12H2,1-4H3,(H,23,26). The highest BCUT2D eigenvalue weighted by Gasteiger charge is 2.14. The number of hydrogen-bond donors (Lipinski definition) is 2. The summed E-state index contributed by atoms with van der Waals surface area (Å²) in [5.41, 5.74) is 4.69. The lowest BCUT2D eigenvalue weighted by Crippen LogP contribution is -2.40. The molecule has 1 aromatic heterocycles. The molecule has 0 saturated carbocycles. The Kier molecular flexibility index (Phi) is 5.47. The van der Waals surface area contributed by atoms with E-state index in [1.807, 2.05) is 43.3 Å². The van der Waals surface area contributed by atoms with Crippen LogP contribution in [-0.4, -0.2) is 35.0 Å². The normalized spacial score (nSPS) is 12.7. The highest BCUT2D eigenvalue weighted by molar-refractivity contribution is 6.06. The Hall–Kier alpha value is -2.53. The van der Waals surface area contributed by atoms with Crippen LogP contribution in [0.15, 0.2) is 36.4 Å². The van der Waals surface area contributed by atoms with Crippen LogP contribution in [0.5, 0.6) is 0 Å². The van der Waals surface area contributed by atoms with Gasteiger partial charge in [0.25, 0.3) is 5.91 Å². The molecule has 5 nitrogen and oxygen atoms in total. The van der Waals surface area contributed by atoms with Gasteiger partial charge in [-0.2, -0.15) is 0 Å². The van der Waals surface area contributed by atoms with Crippen LogP contribution in [0.4, 0.5) is 0 Å². The fraction of sp³-hybridized carbons (Fsp3) is 0.381. The Balaban J connectivity index is 1.85. The molecule has 3 rings (SSSR count). The summed E-state index contributed by atoms with van der Waals surface area (Å²) in [5, 5.41) is 6.42. The van der Waals surface area contributed by atoms with E-state index >= 15 is 0 Å². The molecule has 1 unspecified atom stereocenters. The van der Waals surface area contributed by atoms with E-state index in [0.29, 0.717) is 23.5 Å². The van der Waals surface area contributed by atoms with Crippen molar-refractivity contribution in [3.05, 3.63) is 47.5 Å². The lowest BCUT2D eigenvalue weighted by atomic mass is 10.1. The van der Waals surface area contributed by atoms with Crippen molar-refractivity contribution in [3.63, 3.8) is 0 Å². The molecule has 0 spiro atoms. The van der Waals surface area contributed by atoms with Gasteiger partial charge in [-0.1, -0.05) is 32.0 Å². The predicted octanol–water partition coefficient (Wildman–Crippen LogP) is 3.46. The summed E-state index contributed by atoms with van der Waals surface area (Å²) in [7, 11) is 0. The molecule has 0 aliphatic rings. The number of hydrogen-bond acceptors (Lipinski definition) is 4. The third-order valence-electron chi connectivity index (χ3n) is 4.38. The molecule has 3 aromatic rings. The molecular weight excluding hydrogens is 324 g/mol. The smallest absolute Gasteiger partial charge is 0.253 e. The van der Waals surface area contributed by atoms with Gasteiger partial charge >= 0.3 is 0 Å². The van der Waals surface area contributed by atoms with Crippen molar-refractivity contribution in [2.24, 2.45) is 5.92 Å². The third kappa shape index (κ3) is 3.99. The Labute approximate surface area is 154 Å². The molecule has 0 radical (unpaired) electrons. The van der Waals surface area contributed by atoms with Crippen LogP contribution in [0.2, 0.25) is 0 Å². The first kappa shape index (κ1) is 18.3.